The molecule has 0 aromatic carbocycles. The van der Waals surface area contributed by atoms with Gasteiger partial charge in [-0.3, -0.25) is 9.78 Å². The van der Waals surface area contributed by atoms with E-state index in [-0.39, 0.29) is 11.9 Å². The van der Waals surface area contributed by atoms with Crippen LogP contribution in [0.1, 0.15) is 31.4 Å². The number of thioether (sulfide) groups is 1. The number of carbonyl (C=O) groups excluding carboxylic acids is 1. The maximum atomic E-state index is 11.9. The Bertz CT molecular complexity index is 393. The van der Waals surface area contributed by atoms with E-state index in [4.69, 9.17) is 0 Å². The summed E-state index contributed by atoms with van der Waals surface area (Å²) in [7, 11) is 0. The quantitative estimate of drug-likeness (QED) is 0.862. The molecule has 4 nitrogen and oxygen atoms in total. The second-order valence-electron chi connectivity index (χ2n) is 4.83. The van der Waals surface area contributed by atoms with E-state index in [9.17, 15) is 4.79 Å². The summed E-state index contributed by atoms with van der Waals surface area (Å²) >= 11 is 1.78. The maximum Gasteiger partial charge on any atom is 0.230 e. The van der Waals surface area contributed by atoms with Gasteiger partial charge in [-0.05, 0) is 50.6 Å². The highest BCUT2D eigenvalue weighted by Gasteiger charge is 2.16. The standard InChI is InChI=1S/C14H21N3OS/c1-11(12-2-6-15-7-3-12)17-14(18)10-19-13-4-8-16-9-5-13/h2-3,6-7,11,13,16H,4-5,8-10H2,1H3,(H,17,18)/t11-/m0/s1. The van der Waals surface area contributed by atoms with Gasteiger partial charge in [-0.1, -0.05) is 0 Å². The molecule has 1 aliphatic heterocycles. The second-order valence-corrected chi connectivity index (χ2v) is 6.12. The van der Waals surface area contributed by atoms with Gasteiger partial charge in [-0.15, -0.1) is 11.8 Å². The Kier molecular flexibility index (Phi) is 5.66. The van der Waals surface area contributed by atoms with E-state index in [1.165, 1.54) is 0 Å². The Balaban J connectivity index is 1.71. The summed E-state index contributed by atoms with van der Waals surface area (Å²) in [6, 6.07) is 3.92. The van der Waals surface area contributed by atoms with Crippen LogP contribution in [0.25, 0.3) is 0 Å². The summed E-state index contributed by atoms with van der Waals surface area (Å²) in [6.45, 7) is 4.15. The van der Waals surface area contributed by atoms with Gasteiger partial charge in [0.15, 0.2) is 0 Å². The number of rotatable bonds is 5. The van der Waals surface area contributed by atoms with Crippen molar-refractivity contribution in [3.63, 3.8) is 0 Å². The van der Waals surface area contributed by atoms with E-state index >= 15 is 0 Å². The Hall–Kier alpha value is -1.07. The molecule has 2 rings (SSSR count). The Morgan fingerprint density at radius 2 is 2.16 bits per heavy atom. The first-order chi connectivity index (χ1) is 9.25. The van der Waals surface area contributed by atoms with Crippen molar-refractivity contribution in [3.05, 3.63) is 30.1 Å². The predicted octanol–water partition coefficient (Wildman–Crippen LogP) is 1.74. The molecule has 0 unspecified atom stereocenters. The van der Waals surface area contributed by atoms with Crippen molar-refractivity contribution in [1.82, 2.24) is 15.6 Å². The number of amides is 1. The van der Waals surface area contributed by atoms with Gasteiger partial charge < -0.3 is 10.6 Å². The molecule has 0 bridgehead atoms. The average molecular weight is 279 g/mol. The first kappa shape index (κ1) is 14.3. The van der Waals surface area contributed by atoms with Gasteiger partial charge in [0.25, 0.3) is 0 Å². The molecule has 1 aliphatic rings. The van der Waals surface area contributed by atoms with E-state index < -0.39 is 0 Å². The van der Waals surface area contributed by atoms with Gasteiger partial charge in [0.05, 0.1) is 11.8 Å². The fraction of sp³-hybridized carbons (Fsp3) is 0.571. The van der Waals surface area contributed by atoms with Crippen molar-refractivity contribution < 1.29 is 4.79 Å². The van der Waals surface area contributed by atoms with Crippen LogP contribution in [0.4, 0.5) is 0 Å². The highest BCUT2D eigenvalue weighted by molar-refractivity contribution is 8.00. The first-order valence-corrected chi connectivity index (χ1v) is 7.82. The van der Waals surface area contributed by atoms with Crippen LogP contribution < -0.4 is 10.6 Å². The summed E-state index contributed by atoms with van der Waals surface area (Å²) in [5.74, 6) is 0.674. The van der Waals surface area contributed by atoms with Crippen LogP contribution in [0.3, 0.4) is 0 Å². The van der Waals surface area contributed by atoms with Crippen LogP contribution in [0, 0.1) is 0 Å². The SMILES string of the molecule is C[C@H](NC(=O)CSC1CCNCC1)c1ccncc1. The summed E-state index contributed by atoms with van der Waals surface area (Å²) in [6.07, 6.45) is 5.83. The van der Waals surface area contributed by atoms with Crippen LogP contribution in [0.2, 0.25) is 0 Å². The third-order valence-corrected chi connectivity index (χ3v) is 4.69. The van der Waals surface area contributed by atoms with Crippen LogP contribution >= 0.6 is 11.8 Å². The molecule has 5 heteroatoms. The van der Waals surface area contributed by atoms with Gasteiger partial charge in [-0.2, -0.15) is 0 Å². The lowest BCUT2D eigenvalue weighted by molar-refractivity contribution is -0.119. The van der Waals surface area contributed by atoms with Crippen LogP contribution in [-0.4, -0.2) is 35.0 Å². The van der Waals surface area contributed by atoms with Crippen molar-refractivity contribution in [2.24, 2.45) is 0 Å². The molecule has 1 atom stereocenters. The minimum atomic E-state index is 0.0455. The zero-order valence-corrected chi connectivity index (χ0v) is 12.1. The number of piperidine rings is 1. The fourth-order valence-corrected chi connectivity index (χ4v) is 3.21. The minimum Gasteiger partial charge on any atom is -0.349 e. The number of hydrogen-bond donors (Lipinski definition) is 2. The van der Waals surface area contributed by atoms with Gasteiger partial charge in [-0.25, -0.2) is 0 Å². The number of pyridine rings is 1. The van der Waals surface area contributed by atoms with E-state index in [0.29, 0.717) is 11.0 Å². The summed E-state index contributed by atoms with van der Waals surface area (Å²) in [5.41, 5.74) is 1.09. The molecule has 0 radical (unpaired) electrons. The molecule has 1 aromatic heterocycles. The van der Waals surface area contributed by atoms with Gasteiger partial charge in [0.1, 0.15) is 0 Å². The fourth-order valence-electron chi connectivity index (χ4n) is 2.17. The summed E-state index contributed by atoms with van der Waals surface area (Å²) in [4.78, 5) is 15.9. The normalized spacial score (nSPS) is 17.9. The minimum absolute atomic E-state index is 0.0455. The lowest BCUT2D eigenvalue weighted by Gasteiger charge is -2.22. The van der Waals surface area contributed by atoms with Crippen LogP contribution in [-0.2, 0) is 4.79 Å². The molecule has 1 fully saturated rings. The molecule has 0 aliphatic carbocycles. The lowest BCUT2D eigenvalue weighted by atomic mass is 10.1. The predicted molar refractivity (Wildman–Crippen MR) is 79.1 cm³/mol. The second kappa shape index (κ2) is 7.50. The third-order valence-electron chi connectivity index (χ3n) is 3.32. The zero-order valence-electron chi connectivity index (χ0n) is 11.3. The van der Waals surface area contributed by atoms with E-state index in [1.54, 1.807) is 24.2 Å². The van der Waals surface area contributed by atoms with Gasteiger partial charge >= 0.3 is 0 Å². The Morgan fingerprint density at radius 1 is 1.47 bits per heavy atom. The molecule has 2 heterocycles. The zero-order chi connectivity index (χ0) is 13.5. The van der Waals surface area contributed by atoms with Crippen molar-refractivity contribution in [2.45, 2.75) is 31.1 Å². The molecule has 1 aromatic rings. The maximum absolute atomic E-state index is 11.9. The average Bonchev–Trinajstić information content (AvgIpc) is 2.47. The third kappa shape index (κ3) is 4.84. The highest BCUT2D eigenvalue weighted by atomic mass is 32.2. The number of hydrogen-bond acceptors (Lipinski definition) is 4. The summed E-state index contributed by atoms with van der Waals surface area (Å²) < 4.78 is 0. The molecule has 104 valence electrons. The van der Waals surface area contributed by atoms with Crippen molar-refractivity contribution >= 4 is 17.7 Å². The molecule has 1 saturated heterocycles. The number of nitrogens with zero attached hydrogens (tertiary/aromatic N) is 1. The van der Waals surface area contributed by atoms with E-state index in [0.717, 1.165) is 31.5 Å². The first-order valence-electron chi connectivity index (χ1n) is 6.77. The monoisotopic (exact) mass is 279 g/mol. The molecule has 0 saturated carbocycles. The Morgan fingerprint density at radius 3 is 2.84 bits per heavy atom. The number of carbonyl (C=O) groups is 1. The van der Waals surface area contributed by atoms with E-state index in [1.807, 2.05) is 19.1 Å². The number of nitrogens with one attached hydrogen (secondary N) is 2. The lowest BCUT2D eigenvalue weighted by Crippen LogP contribution is -2.32. The summed E-state index contributed by atoms with van der Waals surface area (Å²) in [5, 5.41) is 7.00. The molecular formula is C14H21N3OS. The van der Waals surface area contributed by atoms with Gasteiger partial charge in [0.2, 0.25) is 5.91 Å². The molecule has 0 spiro atoms. The van der Waals surface area contributed by atoms with E-state index in [2.05, 4.69) is 15.6 Å². The molecule has 1 amide bonds. The smallest absolute Gasteiger partial charge is 0.230 e. The van der Waals surface area contributed by atoms with Crippen LogP contribution in [0.15, 0.2) is 24.5 Å². The largest absolute Gasteiger partial charge is 0.349 e. The van der Waals surface area contributed by atoms with Crippen LogP contribution in [0.5, 0.6) is 0 Å². The topological polar surface area (TPSA) is 54.0 Å². The molecule has 19 heavy (non-hydrogen) atoms. The molecule has 2 N–H and O–H groups in total. The number of aromatic nitrogens is 1. The highest BCUT2D eigenvalue weighted by Crippen LogP contribution is 2.20. The molecular weight excluding hydrogens is 258 g/mol. The van der Waals surface area contributed by atoms with Crippen molar-refractivity contribution in [2.75, 3.05) is 18.8 Å². The van der Waals surface area contributed by atoms with Crippen molar-refractivity contribution in [3.8, 4) is 0 Å². The Labute approximate surface area is 118 Å². The van der Waals surface area contributed by atoms with Gasteiger partial charge in [0, 0.05) is 17.6 Å². The van der Waals surface area contributed by atoms with Crippen molar-refractivity contribution in [1.29, 1.82) is 0 Å².